The summed E-state index contributed by atoms with van der Waals surface area (Å²) in [4.78, 5) is 25.1. The van der Waals surface area contributed by atoms with Crippen LogP contribution >= 0.6 is 0 Å². The number of benzene rings is 2. The Hall–Kier alpha value is -4.21. The molecule has 1 N–H and O–H groups in total. The summed E-state index contributed by atoms with van der Waals surface area (Å²) in [6.07, 6.45) is 2.95. The minimum absolute atomic E-state index is 0.151. The first-order valence-electron chi connectivity index (χ1n) is 9.22. The zero-order chi connectivity index (χ0) is 21.5. The molecule has 2 aromatic heterocycles. The summed E-state index contributed by atoms with van der Waals surface area (Å²) in [5.41, 5.74) is 0.928. The molecule has 4 aromatic rings. The van der Waals surface area contributed by atoms with Gasteiger partial charge in [0.1, 0.15) is 23.7 Å². The van der Waals surface area contributed by atoms with Gasteiger partial charge in [-0.05, 0) is 36.4 Å². The Balaban J connectivity index is 1.41. The lowest BCUT2D eigenvalue weighted by Gasteiger charge is -2.08. The van der Waals surface area contributed by atoms with Crippen LogP contribution in [0.2, 0.25) is 0 Å². The second-order valence-electron chi connectivity index (χ2n) is 6.83. The Morgan fingerprint density at radius 2 is 1.90 bits per heavy atom. The van der Waals surface area contributed by atoms with Crippen molar-refractivity contribution in [1.29, 1.82) is 0 Å². The minimum Gasteiger partial charge on any atom is -0.454 e. The normalized spacial score (nSPS) is 12.3. The lowest BCUT2D eigenvalue weighted by Crippen LogP contribution is -2.28. The van der Waals surface area contributed by atoms with Crippen molar-refractivity contribution in [2.75, 3.05) is 12.1 Å². The van der Waals surface area contributed by atoms with E-state index in [1.54, 1.807) is 30.5 Å². The van der Waals surface area contributed by atoms with E-state index in [-0.39, 0.29) is 24.5 Å². The van der Waals surface area contributed by atoms with E-state index in [0.717, 1.165) is 17.7 Å². The van der Waals surface area contributed by atoms with Crippen LogP contribution in [0.4, 0.5) is 14.5 Å². The molecule has 0 atom stereocenters. The Morgan fingerprint density at radius 1 is 1.06 bits per heavy atom. The van der Waals surface area contributed by atoms with Crippen LogP contribution in [0.15, 0.2) is 59.7 Å². The molecule has 31 heavy (non-hydrogen) atoms. The maximum Gasteiger partial charge on any atom is 0.277 e. The maximum absolute atomic E-state index is 13.7. The smallest absolute Gasteiger partial charge is 0.277 e. The van der Waals surface area contributed by atoms with Crippen molar-refractivity contribution in [2.45, 2.75) is 6.54 Å². The average Bonchev–Trinajstić information content (AvgIpc) is 3.39. The van der Waals surface area contributed by atoms with E-state index >= 15 is 0 Å². The van der Waals surface area contributed by atoms with Crippen LogP contribution in [0.25, 0.3) is 16.8 Å². The van der Waals surface area contributed by atoms with Crippen LogP contribution < -0.4 is 20.3 Å². The third-order valence-electron chi connectivity index (χ3n) is 4.79. The Bertz CT molecular complexity index is 1400. The number of hydrogen-bond acceptors (Lipinski definition) is 5. The van der Waals surface area contributed by atoms with E-state index in [1.807, 2.05) is 0 Å². The lowest BCUT2D eigenvalue weighted by molar-refractivity contribution is -0.116. The number of anilines is 1. The quantitative estimate of drug-likeness (QED) is 0.545. The number of carbonyl (C=O) groups is 1. The summed E-state index contributed by atoms with van der Waals surface area (Å²) >= 11 is 0. The fourth-order valence-electron chi connectivity index (χ4n) is 3.28. The molecule has 0 bridgehead atoms. The summed E-state index contributed by atoms with van der Waals surface area (Å²) in [5, 5.41) is 6.73. The van der Waals surface area contributed by atoms with E-state index in [1.165, 1.54) is 15.3 Å². The highest BCUT2D eigenvalue weighted by atomic mass is 19.1. The van der Waals surface area contributed by atoms with Gasteiger partial charge in [0.05, 0.1) is 11.4 Å². The number of fused-ring (bicyclic) bond motifs is 2. The van der Waals surface area contributed by atoms with Crippen molar-refractivity contribution in [3.63, 3.8) is 0 Å². The Kier molecular flexibility index (Phi) is 4.39. The van der Waals surface area contributed by atoms with Gasteiger partial charge in [0.25, 0.3) is 5.56 Å². The molecular weight excluding hydrogens is 410 g/mol. The topological polar surface area (TPSA) is 86.9 Å². The van der Waals surface area contributed by atoms with Gasteiger partial charge in [-0.25, -0.2) is 13.3 Å². The van der Waals surface area contributed by atoms with Gasteiger partial charge in [-0.2, -0.15) is 5.10 Å². The summed E-state index contributed by atoms with van der Waals surface area (Å²) in [6, 6.07) is 9.75. The molecule has 8 nitrogen and oxygen atoms in total. The van der Waals surface area contributed by atoms with Gasteiger partial charge in [-0.3, -0.25) is 9.59 Å². The average molecular weight is 424 g/mol. The van der Waals surface area contributed by atoms with Crippen LogP contribution in [-0.4, -0.2) is 26.9 Å². The third kappa shape index (κ3) is 3.48. The van der Waals surface area contributed by atoms with E-state index in [4.69, 9.17) is 9.47 Å². The second kappa shape index (κ2) is 7.24. The van der Waals surface area contributed by atoms with Gasteiger partial charge < -0.3 is 19.4 Å². The fraction of sp³-hybridized carbons (Fsp3) is 0.0952. The van der Waals surface area contributed by atoms with Crippen molar-refractivity contribution in [1.82, 2.24) is 14.2 Å². The monoisotopic (exact) mass is 424 g/mol. The molecule has 0 saturated heterocycles. The number of ether oxygens (including phenoxy) is 2. The highest BCUT2D eigenvalue weighted by molar-refractivity contribution is 5.90. The molecule has 0 aliphatic carbocycles. The molecule has 0 fully saturated rings. The van der Waals surface area contributed by atoms with Crippen molar-refractivity contribution in [2.24, 2.45) is 0 Å². The molecule has 1 aliphatic rings. The zero-order valence-corrected chi connectivity index (χ0v) is 15.8. The minimum atomic E-state index is -0.902. The van der Waals surface area contributed by atoms with Crippen molar-refractivity contribution in [3.05, 3.63) is 76.8 Å². The molecular formula is C21H14F2N4O4. The standard InChI is InChI=1S/C21H14F2N4O4/c22-13-2-3-15(14(23)8-13)24-20(28)10-26-5-6-27-17(21(26)29)9-16(25-27)12-1-4-18-19(7-12)31-11-30-18/h1-9H,10-11H2,(H,24,28). The molecule has 156 valence electrons. The van der Waals surface area contributed by atoms with Crippen LogP contribution in [0.3, 0.4) is 0 Å². The summed E-state index contributed by atoms with van der Waals surface area (Å²) in [6.45, 7) is -0.199. The molecule has 0 unspecified atom stereocenters. The summed E-state index contributed by atoms with van der Waals surface area (Å²) in [7, 11) is 0. The predicted octanol–water partition coefficient (Wildman–Crippen LogP) is 2.81. The van der Waals surface area contributed by atoms with Gasteiger partial charge in [0.2, 0.25) is 12.7 Å². The SMILES string of the molecule is O=C(Cn1ccn2nc(-c3ccc4c(c3)OCO4)cc2c1=O)Nc1ccc(F)cc1F. The Labute approximate surface area is 173 Å². The van der Waals surface area contributed by atoms with Crippen molar-refractivity contribution < 1.29 is 23.0 Å². The number of hydrogen-bond donors (Lipinski definition) is 1. The number of rotatable bonds is 4. The predicted molar refractivity (Wildman–Crippen MR) is 106 cm³/mol. The van der Waals surface area contributed by atoms with E-state index in [0.29, 0.717) is 23.3 Å². The summed E-state index contributed by atoms with van der Waals surface area (Å²) < 4.78 is 40.0. The third-order valence-corrected chi connectivity index (χ3v) is 4.79. The molecule has 2 aromatic carbocycles. The highest BCUT2D eigenvalue weighted by Crippen LogP contribution is 2.35. The number of nitrogens with one attached hydrogen (secondary N) is 1. The lowest BCUT2D eigenvalue weighted by atomic mass is 10.1. The van der Waals surface area contributed by atoms with Gasteiger partial charge >= 0.3 is 0 Å². The second-order valence-corrected chi connectivity index (χ2v) is 6.83. The van der Waals surface area contributed by atoms with E-state index in [9.17, 15) is 18.4 Å². The molecule has 3 heterocycles. The van der Waals surface area contributed by atoms with E-state index in [2.05, 4.69) is 10.4 Å². The Morgan fingerprint density at radius 3 is 2.74 bits per heavy atom. The van der Waals surface area contributed by atoms with Crippen molar-refractivity contribution in [3.8, 4) is 22.8 Å². The zero-order valence-electron chi connectivity index (χ0n) is 15.8. The van der Waals surface area contributed by atoms with Gasteiger partial charge in [0, 0.05) is 24.0 Å². The largest absolute Gasteiger partial charge is 0.454 e. The van der Waals surface area contributed by atoms with E-state index < -0.39 is 23.1 Å². The van der Waals surface area contributed by atoms with Crippen LogP contribution in [-0.2, 0) is 11.3 Å². The summed E-state index contributed by atoms with van der Waals surface area (Å²) in [5.74, 6) is -1.06. The molecule has 0 spiro atoms. The highest BCUT2D eigenvalue weighted by Gasteiger charge is 2.17. The van der Waals surface area contributed by atoms with Gasteiger partial charge in [-0.1, -0.05) is 0 Å². The first-order valence-corrected chi connectivity index (χ1v) is 9.22. The van der Waals surface area contributed by atoms with Crippen LogP contribution in [0.1, 0.15) is 0 Å². The van der Waals surface area contributed by atoms with Gasteiger partial charge in [-0.15, -0.1) is 0 Å². The fourth-order valence-corrected chi connectivity index (χ4v) is 3.28. The van der Waals surface area contributed by atoms with Crippen LogP contribution in [0.5, 0.6) is 11.5 Å². The molecule has 10 heteroatoms. The number of nitrogens with zero attached hydrogens (tertiary/aromatic N) is 3. The molecule has 0 saturated carbocycles. The number of amides is 1. The molecule has 1 aliphatic heterocycles. The first-order chi connectivity index (χ1) is 15.0. The van der Waals surface area contributed by atoms with Gasteiger partial charge in [0.15, 0.2) is 11.5 Å². The number of halogens is 2. The molecule has 5 rings (SSSR count). The van der Waals surface area contributed by atoms with Crippen molar-refractivity contribution >= 4 is 17.1 Å². The number of carbonyl (C=O) groups excluding carboxylic acids is 1. The maximum atomic E-state index is 13.7. The first kappa shape index (κ1) is 18.8. The number of aromatic nitrogens is 3. The molecule has 0 radical (unpaired) electrons. The van der Waals surface area contributed by atoms with Crippen LogP contribution in [0, 0.1) is 11.6 Å². The molecule has 1 amide bonds.